The van der Waals surface area contributed by atoms with Gasteiger partial charge in [-0.2, -0.15) is 0 Å². The zero-order valence-electron chi connectivity index (χ0n) is 15.5. The Morgan fingerprint density at radius 1 is 1.23 bits per heavy atom. The predicted octanol–water partition coefficient (Wildman–Crippen LogP) is 4.43. The molecule has 3 nitrogen and oxygen atoms in total. The van der Waals surface area contributed by atoms with E-state index < -0.39 is 0 Å². The summed E-state index contributed by atoms with van der Waals surface area (Å²) < 4.78 is 5.40. The van der Waals surface area contributed by atoms with Gasteiger partial charge in [-0.1, -0.05) is 6.07 Å². The minimum atomic E-state index is 0.634. The summed E-state index contributed by atoms with van der Waals surface area (Å²) in [6.45, 7) is 5.67. The lowest BCUT2D eigenvalue weighted by atomic mass is 9.88. The van der Waals surface area contributed by atoms with Crippen LogP contribution in [-0.2, 0) is 0 Å². The number of aryl methyl sites for hydroxylation is 1. The van der Waals surface area contributed by atoms with Gasteiger partial charge in [0.05, 0.1) is 12.8 Å². The number of ether oxygens (including phenoxy) is 1. The number of benzene rings is 2. The highest BCUT2D eigenvalue weighted by molar-refractivity contribution is 7.99. The lowest BCUT2D eigenvalue weighted by Gasteiger charge is -2.33. The predicted molar refractivity (Wildman–Crippen MR) is 110 cm³/mol. The van der Waals surface area contributed by atoms with E-state index in [1.165, 1.54) is 46.7 Å². The molecule has 5 rings (SSSR count). The Balaban J connectivity index is 1.66. The minimum Gasteiger partial charge on any atom is -0.497 e. The van der Waals surface area contributed by atoms with Crippen LogP contribution in [0.4, 0.5) is 5.69 Å². The van der Waals surface area contributed by atoms with Crippen molar-refractivity contribution in [1.82, 2.24) is 5.32 Å². The second-order valence-electron chi connectivity index (χ2n) is 7.66. The number of piperidine rings is 1. The number of fused-ring (bicyclic) bond motifs is 3. The van der Waals surface area contributed by atoms with Gasteiger partial charge in [-0.15, -0.1) is 11.8 Å². The standard InChI is InChI=1S/C22H26N2OS/c1-14-10-16(25-2)4-5-17(14)15-11-18-19-13-23-7-6-20(19)24-8-3-9-26-21(12-15)22(18)24/h4-5,10-12,19-20,23H,3,6-9,13H2,1-2H3/t19-,20-/m1/s1. The van der Waals surface area contributed by atoms with Gasteiger partial charge in [0.15, 0.2) is 0 Å². The third kappa shape index (κ3) is 2.54. The van der Waals surface area contributed by atoms with Gasteiger partial charge in [0, 0.05) is 29.9 Å². The second kappa shape index (κ2) is 6.50. The molecule has 1 N–H and O–H groups in total. The van der Waals surface area contributed by atoms with E-state index >= 15 is 0 Å². The Labute approximate surface area is 160 Å². The molecule has 3 aliphatic rings. The first kappa shape index (κ1) is 16.5. The third-order valence-electron chi connectivity index (χ3n) is 6.18. The number of anilines is 1. The van der Waals surface area contributed by atoms with Crippen LogP contribution in [0, 0.1) is 6.92 Å². The number of nitrogens with zero attached hydrogens (tertiary/aromatic N) is 1. The average Bonchev–Trinajstić information content (AvgIpc) is 2.83. The van der Waals surface area contributed by atoms with Crippen molar-refractivity contribution in [2.24, 2.45) is 0 Å². The summed E-state index contributed by atoms with van der Waals surface area (Å²) in [6.07, 6.45) is 2.55. The molecule has 3 aliphatic heterocycles. The third-order valence-corrected chi connectivity index (χ3v) is 7.30. The molecular weight excluding hydrogens is 340 g/mol. The Kier molecular flexibility index (Phi) is 4.13. The van der Waals surface area contributed by atoms with Crippen LogP contribution in [0.25, 0.3) is 11.1 Å². The van der Waals surface area contributed by atoms with Gasteiger partial charge in [0.1, 0.15) is 5.75 Å². The number of methoxy groups -OCH3 is 1. The highest BCUT2D eigenvalue weighted by Crippen LogP contribution is 2.51. The molecule has 0 bridgehead atoms. The van der Waals surface area contributed by atoms with Gasteiger partial charge in [0.2, 0.25) is 0 Å². The van der Waals surface area contributed by atoms with Crippen LogP contribution in [0.1, 0.15) is 29.9 Å². The summed E-state index contributed by atoms with van der Waals surface area (Å²) in [5.41, 5.74) is 7.08. The molecule has 0 spiro atoms. The van der Waals surface area contributed by atoms with E-state index in [4.69, 9.17) is 4.74 Å². The highest BCUT2D eigenvalue weighted by atomic mass is 32.2. The number of thioether (sulfide) groups is 1. The molecule has 2 aromatic carbocycles. The van der Waals surface area contributed by atoms with Gasteiger partial charge >= 0.3 is 0 Å². The first-order valence-electron chi connectivity index (χ1n) is 9.69. The highest BCUT2D eigenvalue weighted by Gasteiger charge is 2.41. The van der Waals surface area contributed by atoms with Crippen molar-refractivity contribution in [2.75, 3.05) is 37.4 Å². The molecule has 0 amide bonds. The molecule has 1 fully saturated rings. The van der Waals surface area contributed by atoms with Crippen LogP contribution in [0.2, 0.25) is 0 Å². The molecular formula is C22H26N2OS. The van der Waals surface area contributed by atoms with Gasteiger partial charge in [-0.25, -0.2) is 0 Å². The molecule has 4 heteroatoms. The summed E-state index contributed by atoms with van der Waals surface area (Å²) >= 11 is 2.05. The van der Waals surface area contributed by atoms with E-state index in [1.54, 1.807) is 18.4 Å². The van der Waals surface area contributed by atoms with Crippen molar-refractivity contribution < 1.29 is 4.74 Å². The Hall–Kier alpha value is -1.65. The maximum Gasteiger partial charge on any atom is 0.119 e. The molecule has 136 valence electrons. The minimum absolute atomic E-state index is 0.634. The molecule has 0 saturated carbocycles. The van der Waals surface area contributed by atoms with E-state index in [9.17, 15) is 0 Å². The largest absolute Gasteiger partial charge is 0.497 e. The molecule has 0 aromatic heterocycles. The summed E-state index contributed by atoms with van der Waals surface area (Å²) in [5.74, 6) is 2.79. The maximum absolute atomic E-state index is 5.40. The van der Waals surface area contributed by atoms with Crippen molar-refractivity contribution >= 4 is 17.4 Å². The van der Waals surface area contributed by atoms with E-state index in [0.717, 1.165) is 18.8 Å². The molecule has 2 atom stereocenters. The Morgan fingerprint density at radius 2 is 2.15 bits per heavy atom. The smallest absolute Gasteiger partial charge is 0.119 e. The Morgan fingerprint density at radius 3 is 3.00 bits per heavy atom. The van der Waals surface area contributed by atoms with Crippen molar-refractivity contribution in [3.8, 4) is 16.9 Å². The van der Waals surface area contributed by atoms with Crippen LogP contribution < -0.4 is 15.0 Å². The monoisotopic (exact) mass is 366 g/mol. The zero-order chi connectivity index (χ0) is 17.7. The van der Waals surface area contributed by atoms with Crippen LogP contribution in [0.15, 0.2) is 35.2 Å². The first-order chi connectivity index (χ1) is 12.8. The molecule has 0 aliphatic carbocycles. The van der Waals surface area contributed by atoms with Crippen molar-refractivity contribution in [2.45, 2.75) is 36.6 Å². The Bertz CT molecular complexity index is 850. The van der Waals surface area contributed by atoms with Crippen molar-refractivity contribution in [3.05, 3.63) is 41.5 Å². The first-order valence-corrected chi connectivity index (χ1v) is 10.7. The summed E-state index contributed by atoms with van der Waals surface area (Å²) in [4.78, 5) is 4.22. The van der Waals surface area contributed by atoms with Gasteiger partial charge in [0.25, 0.3) is 0 Å². The van der Waals surface area contributed by atoms with Crippen LogP contribution in [0.5, 0.6) is 5.75 Å². The van der Waals surface area contributed by atoms with E-state index in [1.807, 2.05) is 11.8 Å². The quantitative estimate of drug-likeness (QED) is 0.850. The van der Waals surface area contributed by atoms with Gasteiger partial charge < -0.3 is 15.0 Å². The molecule has 26 heavy (non-hydrogen) atoms. The normalized spacial score (nSPS) is 24.0. The van der Waals surface area contributed by atoms with Gasteiger partial charge in [-0.3, -0.25) is 0 Å². The van der Waals surface area contributed by atoms with E-state index in [-0.39, 0.29) is 0 Å². The van der Waals surface area contributed by atoms with Crippen molar-refractivity contribution in [3.63, 3.8) is 0 Å². The SMILES string of the molecule is COc1ccc(-c2cc3c4c(c2)[C@H]2CNCC[C@H]2N4CCCS3)c(C)c1. The number of rotatable bonds is 2. The zero-order valence-corrected chi connectivity index (χ0v) is 16.4. The van der Waals surface area contributed by atoms with E-state index in [0.29, 0.717) is 12.0 Å². The maximum atomic E-state index is 5.40. The van der Waals surface area contributed by atoms with Crippen LogP contribution in [-0.4, -0.2) is 38.5 Å². The van der Waals surface area contributed by atoms with Gasteiger partial charge in [-0.05, 0) is 78.6 Å². The summed E-state index contributed by atoms with van der Waals surface area (Å²) in [7, 11) is 1.74. The van der Waals surface area contributed by atoms with E-state index in [2.05, 4.69) is 47.5 Å². The average molecular weight is 367 g/mol. The fourth-order valence-electron chi connectivity index (χ4n) is 4.97. The lowest BCUT2D eigenvalue weighted by molar-refractivity contribution is 0.403. The lowest BCUT2D eigenvalue weighted by Crippen LogP contribution is -2.44. The molecule has 0 unspecified atom stereocenters. The summed E-state index contributed by atoms with van der Waals surface area (Å²) in [6, 6.07) is 12.0. The van der Waals surface area contributed by atoms with Crippen LogP contribution in [0.3, 0.4) is 0 Å². The molecule has 2 aromatic rings. The van der Waals surface area contributed by atoms with Crippen LogP contribution >= 0.6 is 11.8 Å². The number of hydrogen-bond donors (Lipinski definition) is 1. The molecule has 0 radical (unpaired) electrons. The number of nitrogens with one attached hydrogen (secondary N) is 1. The molecule has 3 heterocycles. The fraction of sp³-hybridized carbons (Fsp3) is 0.455. The fourth-order valence-corrected chi connectivity index (χ4v) is 6.04. The molecule has 1 saturated heterocycles. The summed E-state index contributed by atoms with van der Waals surface area (Å²) in [5, 5.41) is 3.63. The van der Waals surface area contributed by atoms with Crippen molar-refractivity contribution in [1.29, 1.82) is 0 Å². The number of hydrogen-bond acceptors (Lipinski definition) is 4. The second-order valence-corrected chi connectivity index (χ2v) is 8.79. The topological polar surface area (TPSA) is 24.5 Å².